The molecule has 0 aliphatic heterocycles. The molecule has 4 aromatic rings. The summed E-state index contributed by atoms with van der Waals surface area (Å²) < 4.78 is 24.5. The molecular formula is C20H14FN3O3. The zero-order valence-corrected chi connectivity index (χ0v) is 14.0. The van der Waals surface area contributed by atoms with Crippen molar-refractivity contribution in [3.63, 3.8) is 0 Å². The smallest absolute Gasteiger partial charge is 0.231 e. The second kappa shape index (κ2) is 7.25. The van der Waals surface area contributed by atoms with E-state index in [4.69, 9.17) is 9.26 Å². The normalized spacial score (nSPS) is 10.7. The minimum absolute atomic E-state index is 0.235. The zero-order chi connectivity index (χ0) is 18.6. The number of phenolic OH excluding ortho intramolecular Hbond substituents is 1. The van der Waals surface area contributed by atoms with Crippen LogP contribution in [0.3, 0.4) is 0 Å². The van der Waals surface area contributed by atoms with Crippen molar-refractivity contribution in [2.45, 2.75) is 6.42 Å². The van der Waals surface area contributed by atoms with Crippen molar-refractivity contribution in [2.24, 2.45) is 0 Å². The van der Waals surface area contributed by atoms with Crippen LogP contribution in [0.4, 0.5) is 4.39 Å². The van der Waals surface area contributed by atoms with Crippen molar-refractivity contribution in [3.05, 3.63) is 84.1 Å². The van der Waals surface area contributed by atoms with Crippen molar-refractivity contribution < 1.29 is 18.8 Å². The van der Waals surface area contributed by atoms with Gasteiger partial charge in [-0.25, -0.2) is 9.37 Å². The predicted molar refractivity (Wildman–Crippen MR) is 94.9 cm³/mol. The topological polar surface area (TPSA) is 81.3 Å². The lowest BCUT2D eigenvalue weighted by Crippen LogP contribution is -1.93. The summed E-state index contributed by atoms with van der Waals surface area (Å²) in [6.45, 7) is 0. The summed E-state index contributed by atoms with van der Waals surface area (Å²) >= 11 is 0. The Kier molecular flexibility index (Phi) is 4.49. The SMILES string of the molecule is Oc1ccc(Cc2nc(-c3cccnc3Oc3ccccc3)no2)cc1F. The third-order valence-electron chi connectivity index (χ3n) is 3.81. The molecule has 1 N–H and O–H groups in total. The summed E-state index contributed by atoms with van der Waals surface area (Å²) in [6.07, 6.45) is 1.85. The van der Waals surface area contributed by atoms with Crippen LogP contribution in [0.1, 0.15) is 11.5 Å². The first-order chi connectivity index (χ1) is 13.2. The van der Waals surface area contributed by atoms with Gasteiger partial charge in [-0.05, 0) is 42.0 Å². The summed E-state index contributed by atoms with van der Waals surface area (Å²) in [4.78, 5) is 8.59. The Morgan fingerprint density at radius 3 is 2.70 bits per heavy atom. The first-order valence-electron chi connectivity index (χ1n) is 8.17. The fourth-order valence-electron chi connectivity index (χ4n) is 2.51. The molecular weight excluding hydrogens is 349 g/mol. The van der Waals surface area contributed by atoms with Crippen LogP contribution < -0.4 is 4.74 Å². The number of ether oxygens (including phenoxy) is 1. The Bertz CT molecular complexity index is 1070. The molecule has 4 rings (SSSR count). The molecule has 7 heteroatoms. The Labute approximate surface area is 153 Å². The van der Waals surface area contributed by atoms with Gasteiger partial charge in [0, 0.05) is 6.20 Å². The maximum atomic E-state index is 13.5. The second-order valence-corrected chi connectivity index (χ2v) is 5.75. The van der Waals surface area contributed by atoms with Crippen molar-refractivity contribution >= 4 is 0 Å². The first kappa shape index (κ1) is 16.7. The van der Waals surface area contributed by atoms with Gasteiger partial charge in [0.2, 0.25) is 17.6 Å². The molecule has 2 heterocycles. The van der Waals surface area contributed by atoms with E-state index in [1.807, 2.05) is 30.3 Å². The van der Waals surface area contributed by atoms with Crippen LogP contribution in [0, 0.1) is 5.82 Å². The van der Waals surface area contributed by atoms with Crippen LogP contribution in [-0.4, -0.2) is 20.2 Å². The van der Waals surface area contributed by atoms with Gasteiger partial charge in [-0.2, -0.15) is 4.98 Å². The molecule has 0 unspecified atom stereocenters. The van der Waals surface area contributed by atoms with Gasteiger partial charge in [0.1, 0.15) is 5.75 Å². The van der Waals surface area contributed by atoms with E-state index in [0.29, 0.717) is 34.5 Å². The summed E-state index contributed by atoms with van der Waals surface area (Å²) in [7, 11) is 0. The predicted octanol–water partition coefficient (Wildman–Crippen LogP) is 4.36. The standard InChI is InChI=1S/C20H14FN3O3/c21-16-11-13(8-9-17(16)25)12-18-23-19(24-27-18)15-7-4-10-22-20(15)26-14-5-2-1-3-6-14/h1-11,25H,12H2. The van der Waals surface area contributed by atoms with E-state index >= 15 is 0 Å². The van der Waals surface area contributed by atoms with Gasteiger partial charge in [-0.15, -0.1) is 0 Å². The van der Waals surface area contributed by atoms with Gasteiger partial charge in [-0.3, -0.25) is 0 Å². The monoisotopic (exact) mass is 363 g/mol. The van der Waals surface area contributed by atoms with Gasteiger partial charge in [0.25, 0.3) is 0 Å². The average molecular weight is 363 g/mol. The summed E-state index contributed by atoms with van der Waals surface area (Å²) in [5.74, 6) is 0.529. The molecule has 0 spiro atoms. The number of rotatable bonds is 5. The molecule has 6 nitrogen and oxygen atoms in total. The molecule has 0 atom stereocenters. The molecule has 0 bridgehead atoms. The molecule has 0 saturated carbocycles. The highest BCUT2D eigenvalue weighted by Gasteiger charge is 2.16. The lowest BCUT2D eigenvalue weighted by atomic mass is 10.1. The second-order valence-electron chi connectivity index (χ2n) is 5.75. The Morgan fingerprint density at radius 2 is 1.89 bits per heavy atom. The van der Waals surface area contributed by atoms with Crippen LogP contribution in [0.2, 0.25) is 0 Å². The van der Waals surface area contributed by atoms with E-state index in [-0.39, 0.29) is 6.42 Å². The number of aromatic nitrogens is 3. The summed E-state index contributed by atoms with van der Waals surface area (Å²) in [5, 5.41) is 13.2. The van der Waals surface area contributed by atoms with Gasteiger partial charge in [0.05, 0.1) is 12.0 Å². The van der Waals surface area contributed by atoms with Crippen LogP contribution in [-0.2, 0) is 6.42 Å². The molecule has 27 heavy (non-hydrogen) atoms. The molecule has 0 fully saturated rings. The van der Waals surface area contributed by atoms with E-state index in [2.05, 4.69) is 15.1 Å². The Morgan fingerprint density at radius 1 is 1.04 bits per heavy atom. The molecule has 2 aromatic carbocycles. The van der Waals surface area contributed by atoms with E-state index in [0.717, 1.165) is 0 Å². The Balaban J connectivity index is 1.59. The lowest BCUT2D eigenvalue weighted by molar-refractivity contribution is 0.384. The fraction of sp³-hybridized carbons (Fsp3) is 0.0500. The zero-order valence-electron chi connectivity index (χ0n) is 14.0. The minimum Gasteiger partial charge on any atom is -0.505 e. The molecule has 0 radical (unpaired) electrons. The van der Waals surface area contributed by atoms with Crippen molar-refractivity contribution in [2.75, 3.05) is 0 Å². The quantitative estimate of drug-likeness (QED) is 0.567. The largest absolute Gasteiger partial charge is 0.505 e. The van der Waals surface area contributed by atoms with Gasteiger partial charge >= 0.3 is 0 Å². The van der Waals surface area contributed by atoms with E-state index in [1.165, 1.54) is 12.1 Å². The van der Waals surface area contributed by atoms with Crippen LogP contribution >= 0.6 is 0 Å². The number of nitrogens with zero attached hydrogens (tertiary/aromatic N) is 3. The summed E-state index contributed by atoms with van der Waals surface area (Å²) in [6, 6.07) is 16.9. The number of hydrogen-bond acceptors (Lipinski definition) is 6. The van der Waals surface area contributed by atoms with Crippen molar-refractivity contribution in [3.8, 4) is 28.8 Å². The number of phenols is 1. The number of hydrogen-bond donors (Lipinski definition) is 1. The van der Waals surface area contributed by atoms with Crippen LogP contribution in [0.25, 0.3) is 11.4 Å². The number of para-hydroxylation sites is 1. The maximum Gasteiger partial charge on any atom is 0.231 e. The fourth-order valence-corrected chi connectivity index (χ4v) is 2.51. The number of halogens is 1. The van der Waals surface area contributed by atoms with Crippen molar-refractivity contribution in [1.82, 2.24) is 15.1 Å². The molecule has 0 saturated heterocycles. The highest BCUT2D eigenvalue weighted by Crippen LogP contribution is 2.29. The van der Waals surface area contributed by atoms with E-state index in [1.54, 1.807) is 24.4 Å². The van der Waals surface area contributed by atoms with Gasteiger partial charge in [0.15, 0.2) is 11.6 Å². The average Bonchev–Trinajstić information content (AvgIpc) is 3.14. The van der Waals surface area contributed by atoms with E-state index < -0.39 is 11.6 Å². The Hall–Kier alpha value is -3.74. The highest BCUT2D eigenvalue weighted by atomic mass is 19.1. The first-order valence-corrected chi connectivity index (χ1v) is 8.17. The summed E-state index contributed by atoms with van der Waals surface area (Å²) in [5.41, 5.74) is 1.18. The van der Waals surface area contributed by atoms with Gasteiger partial charge < -0.3 is 14.4 Å². The molecule has 0 aliphatic rings. The number of benzene rings is 2. The third-order valence-corrected chi connectivity index (χ3v) is 3.81. The molecule has 0 amide bonds. The highest BCUT2D eigenvalue weighted by molar-refractivity contribution is 5.61. The van der Waals surface area contributed by atoms with Crippen molar-refractivity contribution in [1.29, 1.82) is 0 Å². The van der Waals surface area contributed by atoms with E-state index in [9.17, 15) is 9.50 Å². The number of aromatic hydroxyl groups is 1. The molecule has 2 aromatic heterocycles. The van der Waals surface area contributed by atoms with Gasteiger partial charge in [-0.1, -0.05) is 29.4 Å². The molecule has 0 aliphatic carbocycles. The third kappa shape index (κ3) is 3.77. The molecule has 134 valence electrons. The lowest BCUT2D eigenvalue weighted by Gasteiger charge is -2.06. The maximum absolute atomic E-state index is 13.5. The number of pyridine rings is 1. The van der Waals surface area contributed by atoms with Crippen LogP contribution in [0.15, 0.2) is 71.4 Å². The van der Waals surface area contributed by atoms with Crippen LogP contribution in [0.5, 0.6) is 17.4 Å². The minimum atomic E-state index is -0.696.